The second kappa shape index (κ2) is 6.22. The van der Waals surface area contributed by atoms with Crippen molar-refractivity contribution in [3.8, 4) is 0 Å². The van der Waals surface area contributed by atoms with Gasteiger partial charge in [0.25, 0.3) is 0 Å². The van der Waals surface area contributed by atoms with Crippen molar-refractivity contribution in [2.45, 2.75) is 20.8 Å². The van der Waals surface area contributed by atoms with Gasteiger partial charge in [0, 0.05) is 0 Å². The van der Waals surface area contributed by atoms with E-state index in [1.165, 1.54) is 0 Å². The number of hydrogen-bond donors (Lipinski definition) is 0. The Balaban J connectivity index is 2.06. The van der Waals surface area contributed by atoms with Crippen LogP contribution in [0.15, 0.2) is 42.5 Å². The van der Waals surface area contributed by atoms with Crippen molar-refractivity contribution in [1.29, 1.82) is 0 Å². The molecule has 0 aliphatic heterocycles. The molecule has 0 spiro atoms. The highest BCUT2D eigenvalue weighted by Crippen LogP contribution is 2.18. The largest absolute Gasteiger partial charge is 0.386 e. The first-order chi connectivity index (χ1) is 10.0. The van der Waals surface area contributed by atoms with Gasteiger partial charge >= 0.3 is 11.9 Å². The molecule has 21 heavy (non-hydrogen) atoms. The first-order valence-corrected chi connectivity index (χ1v) is 6.55. The molecular formula is C17H16O4. The molecule has 2 aromatic rings. The van der Waals surface area contributed by atoms with Crippen molar-refractivity contribution in [3.05, 3.63) is 70.3 Å². The van der Waals surface area contributed by atoms with Crippen LogP contribution in [0.5, 0.6) is 0 Å². The van der Waals surface area contributed by atoms with Gasteiger partial charge in [0.15, 0.2) is 0 Å². The van der Waals surface area contributed by atoms with Gasteiger partial charge < -0.3 is 0 Å². The lowest BCUT2D eigenvalue weighted by atomic mass is 9.99. The maximum Gasteiger partial charge on any atom is 0.386 e. The van der Waals surface area contributed by atoms with Gasteiger partial charge in [0.2, 0.25) is 0 Å². The van der Waals surface area contributed by atoms with Gasteiger partial charge in [-0.1, -0.05) is 24.3 Å². The lowest BCUT2D eigenvalue weighted by Crippen LogP contribution is -2.13. The van der Waals surface area contributed by atoms with E-state index < -0.39 is 11.9 Å². The maximum atomic E-state index is 12.0. The second-order valence-corrected chi connectivity index (χ2v) is 4.79. The molecule has 0 radical (unpaired) electrons. The van der Waals surface area contributed by atoms with Gasteiger partial charge in [0.05, 0.1) is 11.1 Å². The van der Waals surface area contributed by atoms with Crippen LogP contribution in [0.2, 0.25) is 0 Å². The van der Waals surface area contributed by atoms with Crippen LogP contribution < -0.4 is 0 Å². The summed E-state index contributed by atoms with van der Waals surface area (Å²) in [5.41, 5.74) is 3.63. The Labute approximate surface area is 123 Å². The second-order valence-electron chi connectivity index (χ2n) is 4.79. The monoisotopic (exact) mass is 284 g/mol. The molecular weight excluding hydrogens is 268 g/mol. The number of carbonyl (C=O) groups is 2. The average molecular weight is 284 g/mol. The maximum absolute atomic E-state index is 12.0. The van der Waals surface area contributed by atoms with Crippen LogP contribution >= 0.6 is 0 Å². The summed E-state index contributed by atoms with van der Waals surface area (Å²) in [6, 6.07) is 11.8. The van der Waals surface area contributed by atoms with Crippen LogP contribution in [0.3, 0.4) is 0 Å². The van der Waals surface area contributed by atoms with Crippen LogP contribution in [0.1, 0.15) is 37.4 Å². The molecule has 108 valence electrons. The molecule has 0 amide bonds. The average Bonchev–Trinajstić information content (AvgIpc) is 2.51. The van der Waals surface area contributed by atoms with E-state index in [9.17, 15) is 9.59 Å². The minimum atomic E-state index is -0.703. The van der Waals surface area contributed by atoms with E-state index in [1.807, 2.05) is 26.8 Å². The predicted octanol–water partition coefficient (Wildman–Crippen LogP) is 3.54. The van der Waals surface area contributed by atoms with Gasteiger partial charge in [-0.05, 0) is 55.7 Å². The van der Waals surface area contributed by atoms with Crippen molar-refractivity contribution in [1.82, 2.24) is 0 Å². The number of hydrogen-bond acceptors (Lipinski definition) is 4. The van der Waals surface area contributed by atoms with E-state index >= 15 is 0 Å². The zero-order valence-electron chi connectivity index (χ0n) is 12.2. The van der Waals surface area contributed by atoms with Gasteiger partial charge in [-0.3, -0.25) is 0 Å². The molecule has 0 atom stereocenters. The lowest BCUT2D eigenvalue weighted by Gasteiger charge is -2.09. The van der Waals surface area contributed by atoms with E-state index in [0.29, 0.717) is 11.1 Å². The molecule has 0 heterocycles. The number of carbonyl (C=O) groups excluding carboxylic acids is 2. The Kier molecular flexibility index (Phi) is 4.38. The van der Waals surface area contributed by atoms with Crippen LogP contribution in [0.25, 0.3) is 0 Å². The standard InChI is InChI=1S/C17H16O4/c1-11-9-10-15(13(3)12(11)2)17(19)21-20-16(18)14-7-5-4-6-8-14/h4-10H,1-3H3. The van der Waals surface area contributed by atoms with Gasteiger partial charge in [0.1, 0.15) is 0 Å². The molecule has 0 aliphatic carbocycles. The number of aryl methyl sites for hydroxylation is 1. The molecule has 0 aliphatic rings. The molecule has 0 aromatic heterocycles. The third kappa shape index (κ3) is 3.28. The zero-order chi connectivity index (χ0) is 15.4. The summed E-state index contributed by atoms with van der Waals surface area (Å²) < 4.78 is 0. The fraction of sp³-hybridized carbons (Fsp3) is 0.176. The van der Waals surface area contributed by atoms with E-state index in [2.05, 4.69) is 9.78 Å². The Hall–Kier alpha value is -2.62. The van der Waals surface area contributed by atoms with Crippen molar-refractivity contribution in [2.75, 3.05) is 0 Å². The SMILES string of the molecule is Cc1ccc(C(=O)OOC(=O)c2ccccc2)c(C)c1C. The van der Waals surface area contributed by atoms with Crippen molar-refractivity contribution in [2.24, 2.45) is 0 Å². The molecule has 0 bridgehead atoms. The summed E-state index contributed by atoms with van der Waals surface area (Å²) in [5, 5.41) is 0. The van der Waals surface area contributed by atoms with E-state index in [0.717, 1.165) is 16.7 Å². The molecule has 0 fully saturated rings. The van der Waals surface area contributed by atoms with Crippen LogP contribution in [-0.4, -0.2) is 11.9 Å². The Morgan fingerprint density at radius 3 is 2.05 bits per heavy atom. The minimum Gasteiger partial charge on any atom is -0.242 e. The first kappa shape index (κ1) is 14.8. The quantitative estimate of drug-likeness (QED) is 0.625. The highest BCUT2D eigenvalue weighted by atomic mass is 17.2. The Bertz CT molecular complexity index is 675. The van der Waals surface area contributed by atoms with Crippen molar-refractivity contribution in [3.63, 3.8) is 0 Å². The van der Waals surface area contributed by atoms with Crippen LogP contribution in [0, 0.1) is 20.8 Å². The topological polar surface area (TPSA) is 52.6 Å². The van der Waals surface area contributed by atoms with Crippen molar-refractivity contribution >= 4 is 11.9 Å². The molecule has 0 saturated heterocycles. The summed E-state index contributed by atoms with van der Waals surface area (Å²) in [4.78, 5) is 32.9. The third-order valence-electron chi connectivity index (χ3n) is 3.48. The van der Waals surface area contributed by atoms with Crippen molar-refractivity contribution < 1.29 is 19.4 Å². The van der Waals surface area contributed by atoms with Gasteiger partial charge in [-0.15, -0.1) is 0 Å². The highest BCUT2D eigenvalue weighted by Gasteiger charge is 2.17. The van der Waals surface area contributed by atoms with Gasteiger partial charge in [-0.25, -0.2) is 19.4 Å². The summed E-state index contributed by atoms with van der Waals surface area (Å²) in [6.07, 6.45) is 0. The molecule has 0 saturated carbocycles. The molecule has 2 aromatic carbocycles. The van der Waals surface area contributed by atoms with E-state index in [4.69, 9.17) is 0 Å². The van der Waals surface area contributed by atoms with Gasteiger partial charge in [-0.2, -0.15) is 0 Å². The summed E-state index contributed by atoms with van der Waals surface area (Å²) in [6.45, 7) is 5.72. The molecule has 0 unspecified atom stereocenters. The van der Waals surface area contributed by atoms with E-state index in [-0.39, 0.29) is 0 Å². The van der Waals surface area contributed by atoms with E-state index in [1.54, 1.807) is 36.4 Å². The number of rotatable bonds is 2. The normalized spacial score (nSPS) is 10.0. The molecule has 4 nitrogen and oxygen atoms in total. The van der Waals surface area contributed by atoms with Crippen LogP contribution in [-0.2, 0) is 9.78 Å². The minimum absolute atomic E-state index is 0.321. The summed E-state index contributed by atoms with van der Waals surface area (Å²) >= 11 is 0. The fourth-order valence-corrected chi connectivity index (χ4v) is 1.92. The summed E-state index contributed by atoms with van der Waals surface area (Å²) in [7, 11) is 0. The zero-order valence-corrected chi connectivity index (χ0v) is 12.2. The molecule has 0 N–H and O–H groups in total. The predicted molar refractivity (Wildman–Crippen MR) is 77.9 cm³/mol. The first-order valence-electron chi connectivity index (χ1n) is 6.55. The Morgan fingerprint density at radius 2 is 1.38 bits per heavy atom. The summed E-state index contributed by atoms with van der Waals surface area (Å²) in [5.74, 6) is -1.38. The Morgan fingerprint density at radius 1 is 0.762 bits per heavy atom. The smallest absolute Gasteiger partial charge is 0.242 e. The number of benzene rings is 2. The lowest BCUT2D eigenvalue weighted by molar-refractivity contribution is -0.187. The van der Waals surface area contributed by atoms with Crippen LogP contribution in [0.4, 0.5) is 0 Å². The molecule has 2 rings (SSSR count). The fourth-order valence-electron chi connectivity index (χ4n) is 1.92. The third-order valence-corrected chi connectivity index (χ3v) is 3.48. The highest BCUT2D eigenvalue weighted by molar-refractivity contribution is 5.93. The molecule has 4 heteroatoms.